The van der Waals surface area contributed by atoms with Crippen LogP contribution in [0.25, 0.3) is 0 Å². The second-order valence-electron chi connectivity index (χ2n) is 3.00. The van der Waals surface area contributed by atoms with E-state index in [0.717, 1.165) is 0 Å². The van der Waals surface area contributed by atoms with Crippen LogP contribution in [0, 0.1) is 0 Å². The van der Waals surface area contributed by atoms with Crippen LogP contribution in [0.15, 0.2) is 35.3 Å². The molecule has 0 bridgehead atoms. The van der Waals surface area contributed by atoms with Crippen molar-refractivity contribution in [3.63, 3.8) is 0 Å². The molecule has 5 heteroatoms. The summed E-state index contributed by atoms with van der Waals surface area (Å²) in [6.07, 6.45) is -5.12. The van der Waals surface area contributed by atoms with E-state index in [9.17, 15) is 13.2 Å². The molecule has 0 aliphatic rings. The van der Waals surface area contributed by atoms with Gasteiger partial charge in [-0.2, -0.15) is 13.2 Å². The summed E-state index contributed by atoms with van der Waals surface area (Å²) in [5, 5.41) is 0. The van der Waals surface area contributed by atoms with Crippen LogP contribution in [0.4, 0.5) is 13.2 Å². The van der Waals surface area contributed by atoms with Crippen LogP contribution in [0.5, 0.6) is 0 Å². The molecular formula is C10H11F3N2. The van der Waals surface area contributed by atoms with E-state index in [-0.39, 0.29) is 12.4 Å². The zero-order chi connectivity index (χ0) is 11.3. The standard InChI is InChI=1S/C10H11F3N2/c11-10(12,13)6-7-15-9(14)8-4-2-1-3-5-8/h1-5H,6-7H2,(H2,14,15). The topological polar surface area (TPSA) is 38.4 Å². The predicted molar refractivity (Wildman–Crippen MR) is 52.7 cm³/mol. The number of benzene rings is 1. The molecule has 1 aromatic carbocycles. The summed E-state index contributed by atoms with van der Waals surface area (Å²) in [7, 11) is 0. The molecule has 0 spiro atoms. The van der Waals surface area contributed by atoms with E-state index < -0.39 is 12.6 Å². The number of nitrogens with zero attached hydrogens (tertiary/aromatic N) is 1. The van der Waals surface area contributed by atoms with Gasteiger partial charge in [0.25, 0.3) is 0 Å². The van der Waals surface area contributed by atoms with Crippen molar-refractivity contribution in [3.05, 3.63) is 35.9 Å². The summed E-state index contributed by atoms with van der Waals surface area (Å²) in [6, 6.07) is 8.70. The molecule has 0 saturated carbocycles. The van der Waals surface area contributed by atoms with Gasteiger partial charge in [-0.25, -0.2) is 0 Å². The zero-order valence-corrected chi connectivity index (χ0v) is 7.96. The molecule has 0 saturated heterocycles. The van der Waals surface area contributed by atoms with Crippen molar-refractivity contribution in [1.29, 1.82) is 0 Å². The van der Waals surface area contributed by atoms with Crippen molar-refractivity contribution in [3.8, 4) is 0 Å². The first kappa shape index (κ1) is 11.6. The van der Waals surface area contributed by atoms with Crippen molar-refractivity contribution in [2.75, 3.05) is 6.54 Å². The molecule has 0 aliphatic carbocycles. The summed E-state index contributed by atoms with van der Waals surface area (Å²) < 4.78 is 35.4. The Balaban J connectivity index is 2.54. The van der Waals surface area contributed by atoms with E-state index >= 15 is 0 Å². The third-order valence-electron chi connectivity index (χ3n) is 1.75. The highest BCUT2D eigenvalue weighted by atomic mass is 19.4. The minimum absolute atomic E-state index is 0.139. The summed E-state index contributed by atoms with van der Waals surface area (Å²) in [6.45, 7) is -0.329. The molecule has 15 heavy (non-hydrogen) atoms. The van der Waals surface area contributed by atoms with E-state index in [4.69, 9.17) is 5.73 Å². The van der Waals surface area contributed by atoms with Gasteiger partial charge in [0.15, 0.2) is 0 Å². The van der Waals surface area contributed by atoms with Crippen molar-refractivity contribution in [2.45, 2.75) is 12.6 Å². The normalized spacial score (nSPS) is 12.9. The van der Waals surface area contributed by atoms with Gasteiger partial charge in [-0.15, -0.1) is 0 Å². The van der Waals surface area contributed by atoms with Crippen LogP contribution in [-0.4, -0.2) is 18.6 Å². The van der Waals surface area contributed by atoms with E-state index in [1.807, 2.05) is 0 Å². The molecule has 0 aliphatic heterocycles. The molecule has 0 atom stereocenters. The van der Waals surface area contributed by atoms with Crippen LogP contribution >= 0.6 is 0 Å². The average Bonchev–Trinajstić information content (AvgIpc) is 2.17. The SMILES string of the molecule is NC(=NCCC(F)(F)F)c1ccccc1. The summed E-state index contributed by atoms with van der Waals surface area (Å²) in [5.74, 6) is 0.139. The molecule has 1 rings (SSSR count). The molecule has 0 heterocycles. The van der Waals surface area contributed by atoms with E-state index in [1.54, 1.807) is 30.3 Å². The first-order valence-corrected chi connectivity index (χ1v) is 4.41. The molecule has 2 N–H and O–H groups in total. The highest BCUT2D eigenvalue weighted by molar-refractivity contribution is 5.97. The maximum Gasteiger partial charge on any atom is 0.390 e. The molecule has 0 fully saturated rings. The number of hydrogen-bond acceptors (Lipinski definition) is 1. The fourth-order valence-corrected chi connectivity index (χ4v) is 1.00. The van der Waals surface area contributed by atoms with Gasteiger partial charge in [-0.05, 0) is 0 Å². The molecule has 0 amide bonds. The predicted octanol–water partition coefficient (Wildman–Crippen LogP) is 2.34. The second-order valence-corrected chi connectivity index (χ2v) is 3.00. The van der Waals surface area contributed by atoms with Crippen molar-refractivity contribution < 1.29 is 13.2 Å². The van der Waals surface area contributed by atoms with Gasteiger partial charge in [0.2, 0.25) is 0 Å². The Bertz CT molecular complexity index is 330. The molecular weight excluding hydrogens is 205 g/mol. The van der Waals surface area contributed by atoms with Gasteiger partial charge >= 0.3 is 6.18 Å². The lowest BCUT2D eigenvalue weighted by atomic mass is 10.2. The molecule has 82 valence electrons. The minimum atomic E-state index is -4.18. The minimum Gasteiger partial charge on any atom is -0.384 e. The number of rotatable bonds is 3. The Morgan fingerprint density at radius 3 is 2.33 bits per heavy atom. The Morgan fingerprint density at radius 1 is 1.20 bits per heavy atom. The first-order chi connectivity index (χ1) is 6.99. The van der Waals surface area contributed by atoms with Gasteiger partial charge < -0.3 is 5.73 Å². The molecule has 1 aromatic rings. The quantitative estimate of drug-likeness (QED) is 0.611. The fourth-order valence-electron chi connectivity index (χ4n) is 1.00. The Labute approximate surface area is 85.6 Å². The number of halogens is 3. The van der Waals surface area contributed by atoms with Crippen molar-refractivity contribution in [2.24, 2.45) is 10.7 Å². The van der Waals surface area contributed by atoms with Crippen molar-refractivity contribution in [1.82, 2.24) is 0 Å². The van der Waals surface area contributed by atoms with Gasteiger partial charge in [0.05, 0.1) is 6.42 Å². The van der Waals surface area contributed by atoms with Gasteiger partial charge in [-0.3, -0.25) is 4.99 Å². The number of hydrogen-bond donors (Lipinski definition) is 1. The second kappa shape index (κ2) is 4.82. The molecule has 0 aromatic heterocycles. The maximum atomic E-state index is 11.8. The lowest BCUT2D eigenvalue weighted by Crippen LogP contribution is -2.16. The fraction of sp³-hybridized carbons (Fsp3) is 0.300. The third-order valence-corrected chi connectivity index (χ3v) is 1.75. The largest absolute Gasteiger partial charge is 0.390 e. The molecule has 2 nitrogen and oxygen atoms in total. The Kier molecular flexibility index (Phi) is 3.71. The monoisotopic (exact) mass is 216 g/mol. The van der Waals surface area contributed by atoms with Crippen LogP contribution in [-0.2, 0) is 0 Å². The number of alkyl halides is 3. The lowest BCUT2D eigenvalue weighted by Gasteiger charge is -2.04. The third kappa shape index (κ3) is 4.49. The number of nitrogens with two attached hydrogens (primary N) is 1. The Morgan fingerprint density at radius 2 is 1.80 bits per heavy atom. The zero-order valence-electron chi connectivity index (χ0n) is 7.96. The van der Waals surface area contributed by atoms with Gasteiger partial charge in [0, 0.05) is 12.1 Å². The smallest absolute Gasteiger partial charge is 0.384 e. The van der Waals surface area contributed by atoms with Crippen LogP contribution in [0.3, 0.4) is 0 Å². The number of amidine groups is 1. The first-order valence-electron chi connectivity index (χ1n) is 4.41. The maximum absolute atomic E-state index is 11.8. The van der Waals surface area contributed by atoms with E-state index in [1.165, 1.54) is 0 Å². The van der Waals surface area contributed by atoms with Crippen molar-refractivity contribution >= 4 is 5.84 Å². The summed E-state index contributed by atoms with van der Waals surface area (Å²) in [4.78, 5) is 3.65. The average molecular weight is 216 g/mol. The van der Waals surface area contributed by atoms with Gasteiger partial charge in [0.1, 0.15) is 5.84 Å². The van der Waals surface area contributed by atoms with E-state index in [2.05, 4.69) is 4.99 Å². The summed E-state index contributed by atoms with van der Waals surface area (Å²) in [5.41, 5.74) is 6.15. The Hall–Kier alpha value is -1.52. The molecule has 0 unspecified atom stereocenters. The van der Waals surface area contributed by atoms with Crippen LogP contribution < -0.4 is 5.73 Å². The number of aliphatic imine (C=N–C) groups is 1. The molecule has 0 radical (unpaired) electrons. The van der Waals surface area contributed by atoms with E-state index in [0.29, 0.717) is 5.56 Å². The van der Waals surface area contributed by atoms with Crippen LogP contribution in [0.2, 0.25) is 0 Å². The van der Waals surface area contributed by atoms with Crippen LogP contribution in [0.1, 0.15) is 12.0 Å². The van der Waals surface area contributed by atoms with Gasteiger partial charge in [-0.1, -0.05) is 30.3 Å². The lowest BCUT2D eigenvalue weighted by molar-refractivity contribution is -0.132. The highest BCUT2D eigenvalue weighted by Gasteiger charge is 2.26. The highest BCUT2D eigenvalue weighted by Crippen LogP contribution is 2.18. The summed E-state index contributed by atoms with van der Waals surface area (Å²) >= 11 is 0.